The number of thioether (sulfide) groups is 1. The Morgan fingerprint density at radius 1 is 1.23 bits per heavy atom. The topological polar surface area (TPSA) is 49.4 Å². The lowest BCUT2D eigenvalue weighted by molar-refractivity contribution is -0.120. The van der Waals surface area contributed by atoms with Gasteiger partial charge in [0.15, 0.2) is 0 Å². The van der Waals surface area contributed by atoms with E-state index in [2.05, 4.69) is 12.2 Å². The van der Waals surface area contributed by atoms with Crippen LogP contribution in [-0.4, -0.2) is 17.6 Å². The SMILES string of the molecule is CCCC[C@H](CC)C(=O)Nc1ccc([C@@H]2SCC(=O)N2c2ccc(C)c(F)c2)cc1. The van der Waals surface area contributed by atoms with Crippen LogP contribution in [0.2, 0.25) is 0 Å². The number of rotatable bonds is 8. The molecule has 0 bridgehead atoms. The molecule has 0 saturated carbocycles. The van der Waals surface area contributed by atoms with Gasteiger partial charge < -0.3 is 5.32 Å². The Labute approximate surface area is 182 Å². The second-order valence-electron chi connectivity index (χ2n) is 7.72. The zero-order chi connectivity index (χ0) is 21.7. The Kier molecular flexibility index (Phi) is 7.53. The molecule has 3 rings (SSSR count). The van der Waals surface area contributed by atoms with E-state index in [1.165, 1.54) is 17.8 Å². The van der Waals surface area contributed by atoms with E-state index < -0.39 is 0 Å². The number of halogens is 1. The molecule has 6 heteroatoms. The van der Waals surface area contributed by atoms with Crippen LogP contribution >= 0.6 is 11.8 Å². The summed E-state index contributed by atoms with van der Waals surface area (Å²) in [6, 6.07) is 12.5. The van der Waals surface area contributed by atoms with Gasteiger partial charge in [-0.15, -0.1) is 11.8 Å². The highest BCUT2D eigenvalue weighted by Gasteiger charge is 2.34. The second kappa shape index (κ2) is 10.1. The number of hydrogen-bond acceptors (Lipinski definition) is 3. The van der Waals surface area contributed by atoms with Crippen molar-refractivity contribution in [3.05, 3.63) is 59.4 Å². The van der Waals surface area contributed by atoms with Crippen molar-refractivity contribution in [3.8, 4) is 0 Å². The Morgan fingerprint density at radius 2 is 1.97 bits per heavy atom. The van der Waals surface area contributed by atoms with E-state index in [0.717, 1.165) is 36.9 Å². The van der Waals surface area contributed by atoms with Gasteiger partial charge in [-0.3, -0.25) is 14.5 Å². The lowest BCUT2D eigenvalue weighted by Crippen LogP contribution is -2.28. The maximum Gasteiger partial charge on any atom is 0.238 e. The van der Waals surface area contributed by atoms with Gasteiger partial charge in [-0.1, -0.05) is 44.9 Å². The van der Waals surface area contributed by atoms with Crippen LogP contribution in [0, 0.1) is 18.7 Å². The van der Waals surface area contributed by atoms with Crippen LogP contribution in [0.5, 0.6) is 0 Å². The zero-order valence-electron chi connectivity index (χ0n) is 17.8. The summed E-state index contributed by atoms with van der Waals surface area (Å²) in [7, 11) is 0. The fourth-order valence-electron chi connectivity index (χ4n) is 3.63. The van der Waals surface area contributed by atoms with Gasteiger partial charge in [-0.05, 0) is 55.2 Å². The summed E-state index contributed by atoms with van der Waals surface area (Å²) in [6.07, 6.45) is 3.86. The molecule has 0 unspecified atom stereocenters. The quantitative estimate of drug-likeness (QED) is 0.555. The first-order chi connectivity index (χ1) is 14.4. The molecule has 2 amide bonds. The molecule has 0 aromatic heterocycles. The van der Waals surface area contributed by atoms with Gasteiger partial charge in [0.05, 0.1) is 5.75 Å². The molecule has 1 heterocycles. The molecule has 1 fully saturated rings. The minimum atomic E-state index is -0.317. The summed E-state index contributed by atoms with van der Waals surface area (Å²) in [5, 5.41) is 2.80. The predicted molar refractivity (Wildman–Crippen MR) is 122 cm³/mol. The van der Waals surface area contributed by atoms with E-state index >= 15 is 0 Å². The fraction of sp³-hybridized carbons (Fsp3) is 0.417. The normalized spacial score (nSPS) is 17.3. The molecule has 0 radical (unpaired) electrons. The lowest BCUT2D eigenvalue weighted by atomic mass is 9.98. The molecular formula is C24H29FN2O2S. The summed E-state index contributed by atoms with van der Waals surface area (Å²) in [4.78, 5) is 26.7. The summed E-state index contributed by atoms with van der Waals surface area (Å²) in [6.45, 7) is 5.87. The largest absolute Gasteiger partial charge is 0.326 e. The van der Waals surface area contributed by atoms with Gasteiger partial charge in [-0.2, -0.15) is 0 Å². The van der Waals surface area contributed by atoms with Crippen molar-refractivity contribution >= 4 is 35.0 Å². The summed E-state index contributed by atoms with van der Waals surface area (Å²) in [5.74, 6) is 0.0872. The molecule has 2 aromatic rings. The Hall–Kier alpha value is -2.34. The van der Waals surface area contributed by atoms with Crippen molar-refractivity contribution in [3.63, 3.8) is 0 Å². The maximum absolute atomic E-state index is 14.1. The van der Waals surface area contributed by atoms with Crippen molar-refractivity contribution in [1.29, 1.82) is 0 Å². The van der Waals surface area contributed by atoms with Crippen LogP contribution in [0.1, 0.15) is 56.0 Å². The van der Waals surface area contributed by atoms with E-state index in [0.29, 0.717) is 17.0 Å². The summed E-state index contributed by atoms with van der Waals surface area (Å²) >= 11 is 1.52. The number of carbonyl (C=O) groups excluding carboxylic acids is 2. The molecule has 0 spiro atoms. The van der Waals surface area contributed by atoms with Crippen molar-refractivity contribution in [2.75, 3.05) is 16.0 Å². The van der Waals surface area contributed by atoms with Gasteiger partial charge in [-0.25, -0.2) is 4.39 Å². The molecule has 2 atom stereocenters. The number of unbranched alkanes of at least 4 members (excludes halogenated alkanes) is 1. The predicted octanol–water partition coefficient (Wildman–Crippen LogP) is 6.07. The number of nitrogens with zero attached hydrogens (tertiary/aromatic N) is 1. The molecule has 1 N–H and O–H groups in total. The standard InChI is InChI=1S/C24H29FN2O2S/c1-4-6-7-17(5-2)23(29)26-19-11-9-18(10-12-19)24-27(22(28)15-30-24)20-13-8-16(3)21(25)14-20/h8-14,17,24H,4-7,15H2,1-3H3,(H,26,29)/t17-,24-/m0/s1. The van der Waals surface area contributed by atoms with E-state index in [-0.39, 0.29) is 28.9 Å². The molecule has 30 heavy (non-hydrogen) atoms. The van der Waals surface area contributed by atoms with E-state index in [9.17, 15) is 14.0 Å². The minimum absolute atomic E-state index is 0.0274. The minimum Gasteiger partial charge on any atom is -0.326 e. The summed E-state index contributed by atoms with van der Waals surface area (Å²) in [5.41, 5.74) is 2.82. The average Bonchev–Trinajstić information content (AvgIpc) is 3.12. The third-order valence-electron chi connectivity index (χ3n) is 5.53. The first-order valence-electron chi connectivity index (χ1n) is 10.5. The van der Waals surface area contributed by atoms with Crippen LogP contribution in [-0.2, 0) is 9.59 Å². The number of carbonyl (C=O) groups is 2. The van der Waals surface area contributed by atoms with Gasteiger partial charge in [0.2, 0.25) is 11.8 Å². The van der Waals surface area contributed by atoms with Gasteiger partial charge in [0, 0.05) is 17.3 Å². The van der Waals surface area contributed by atoms with Crippen LogP contribution < -0.4 is 10.2 Å². The maximum atomic E-state index is 14.1. The van der Waals surface area contributed by atoms with Crippen LogP contribution in [0.25, 0.3) is 0 Å². The van der Waals surface area contributed by atoms with Crippen LogP contribution in [0.15, 0.2) is 42.5 Å². The van der Waals surface area contributed by atoms with Gasteiger partial charge >= 0.3 is 0 Å². The van der Waals surface area contributed by atoms with Crippen molar-refractivity contribution < 1.29 is 14.0 Å². The van der Waals surface area contributed by atoms with Crippen molar-refractivity contribution in [1.82, 2.24) is 0 Å². The Bertz CT molecular complexity index is 901. The molecule has 160 valence electrons. The second-order valence-corrected chi connectivity index (χ2v) is 8.79. The Balaban J connectivity index is 1.73. The van der Waals surface area contributed by atoms with Crippen molar-refractivity contribution in [2.45, 2.75) is 51.8 Å². The van der Waals surface area contributed by atoms with E-state index in [1.807, 2.05) is 31.2 Å². The number of aryl methyl sites for hydroxylation is 1. The average molecular weight is 429 g/mol. The highest BCUT2D eigenvalue weighted by atomic mass is 32.2. The van der Waals surface area contributed by atoms with Crippen molar-refractivity contribution in [2.24, 2.45) is 5.92 Å². The molecular weight excluding hydrogens is 399 g/mol. The smallest absolute Gasteiger partial charge is 0.238 e. The molecule has 1 aliphatic rings. The first kappa shape index (κ1) is 22.3. The Morgan fingerprint density at radius 3 is 2.60 bits per heavy atom. The number of hydrogen-bond donors (Lipinski definition) is 1. The fourth-order valence-corrected chi connectivity index (χ4v) is 4.81. The van der Waals surface area contributed by atoms with Gasteiger partial charge in [0.25, 0.3) is 0 Å². The van der Waals surface area contributed by atoms with E-state index in [1.54, 1.807) is 24.0 Å². The molecule has 1 aliphatic heterocycles. The van der Waals surface area contributed by atoms with Crippen LogP contribution in [0.3, 0.4) is 0 Å². The zero-order valence-corrected chi connectivity index (χ0v) is 18.6. The van der Waals surface area contributed by atoms with Gasteiger partial charge in [0.1, 0.15) is 11.2 Å². The highest BCUT2D eigenvalue weighted by Crippen LogP contribution is 2.42. The summed E-state index contributed by atoms with van der Waals surface area (Å²) < 4.78 is 14.1. The lowest BCUT2D eigenvalue weighted by Gasteiger charge is -2.25. The monoisotopic (exact) mass is 428 g/mol. The number of benzene rings is 2. The number of anilines is 2. The molecule has 4 nitrogen and oxygen atoms in total. The number of nitrogens with one attached hydrogen (secondary N) is 1. The third-order valence-corrected chi connectivity index (χ3v) is 6.75. The first-order valence-corrected chi connectivity index (χ1v) is 11.6. The highest BCUT2D eigenvalue weighted by molar-refractivity contribution is 8.00. The molecule has 2 aromatic carbocycles. The molecule has 1 saturated heterocycles. The van der Waals surface area contributed by atoms with Crippen LogP contribution in [0.4, 0.5) is 15.8 Å². The molecule has 0 aliphatic carbocycles. The van der Waals surface area contributed by atoms with E-state index in [4.69, 9.17) is 0 Å². The third kappa shape index (κ3) is 5.04. The number of amides is 2.